The first-order valence-corrected chi connectivity index (χ1v) is 12.5. The summed E-state index contributed by atoms with van der Waals surface area (Å²) in [6.07, 6.45) is 2.37. The summed E-state index contributed by atoms with van der Waals surface area (Å²) in [5, 5.41) is 3.15. The predicted molar refractivity (Wildman–Crippen MR) is 129 cm³/mol. The van der Waals surface area contributed by atoms with Gasteiger partial charge in [-0.25, -0.2) is 8.42 Å². The van der Waals surface area contributed by atoms with Crippen LogP contribution in [0.1, 0.15) is 35.7 Å². The van der Waals surface area contributed by atoms with Gasteiger partial charge in [0.05, 0.1) is 29.8 Å². The van der Waals surface area contributed by atoms with Gasteiger partial charge >= 0.3 is 0 Å². The maximum absolute atomic E-state index is 13.1. The van der Waals surface area contributed by atoms with Crippen molar-refractivity contribution in [2.75, 3.05) is 32.5 Å². The Hall–Kier alpha value is -2.49. The fourth-order valence-electron chi connectivity index (χ4n) is 3.48. The van der Waals surface area contributed by atoms with Crippen LogP contribution < -0.4 is 19.5 Å². The van der Waals surface area contributed by atoms with E-state index in [1.54, 1.807) is 13.0 Å². The molecule has 0 aliphatic heterocycles. The first kappa shape index (κ1) is 25.1. The number of hydrogen-bond donors (Lipinski definition) is 2. The van der Waals surface area contributed by atoms with Gasteiger partial charge in [0, 0.05) is 30.3 Å². The molecule has 0 radical (unpaired) electrons. The number of sulfonamides is 1. The molecule has 0 spiro atoms. The molecule has 0 aromatic heterocycles. The van der Waals surface area contributed by atoms with Crippen molar-refractivity contribution in [3.63, 3.8) is 0 Å². The first-order chi connectivity index (χ1) is 15.6. The topological polar surface area (TPSA) is 97.0 Å². The van der Waals surface area contributed by atoms with Crippen LogP contribution in [0, 0.1) is 6.92 Å². The molecule has 1 aliphatic rings. The van der Waals surface area contributed by atoms with Gasteiger partial charge in [0.15, 0.2) is 0 Å². The molecule has 33 heavy (non-hydrogen) atoms. The summed E-state index contributed by atoms with van der Waals surface area (Å²) in [7, 11) is 0.899. The molecule has 0 heterocycles. The summed E-state index contributed by atoms with van der Waals surface area (Å²) in [4.78, 5) is 15.0. The van der Waals surface area contributed by atoms with E-state index in [1.807, 2.05) is 0 Å². The number of aryl methyl sites for hydroxylation is 1. The monoisotopic (exact) mass is 495 g/mol. The number of likely N-dealkylation sites (N-methyl/N-ethyl adjacent to an activating group) is 1. The normalized spacial score (nSPS) is 14.6. The molecule has 180 valence electrons. The van der Waals surface area contributed by atoms with E-state index in [2.05, 4.69) is 28.9 Å². The number of benzene rings is 2. The van der Waals surface area contributed by atoms with Crippen LogP contribution in [0.2, 0.25) is 5.02 Å². The van der Waals surface area contributed by atoms with Gasteiger partial charge in [-0.3, -0.25) is 14.4 Å². The maximum atomic E-state index is 13.1. The van der Waals surface area contributed by atoms with Crippen LogP contribution in [0.15, 0.2) is 35.2 Å². The third-order valence-electron chi connectivity index (χ3n) is 5.86. The number of amides is 1. The molecular weight excluding hydrogens is 466 g/mol. The lowest BCUT2D eigenvalue weighted by atomic mass is 10.1. The Balaban J connectivity index is 1.80. The lowest BCUT2D eigenvalue weighted by Crippen LogP contribution is -2.41. The average molecular weight is 496 g/mol. The average Bonchev–Trinajstić information content (AvgIpc) is 3.62. The molecule has 1 atom stereocenters. The van der Waals surface area contributed by atoms with Crippen molar-refractivity contribution >= 4 is 33.2 Å². The van der Waals surface area contributed by atoms with E-state index in [4.69, 9.17) is 21.1 Å². The van der Waals surface area contributed by atoms with E-state index < -0.39 is 10.0 Å². The molecule has 2 aromatic rings. The number of nitrogens with one attached hydrogen (secondary N) is 2. The zero-order chi connectivity index (χ0) is 24.3. The van der Waals surface area contributed by atoms with E-state index in [9.17, 15) is 13.2 Å². The standard InChI is InChI=1S/C23H30ClN3O5S/c1-14-6-9-17(10-18(14)23(28)25-13-15(2)27(3)16-7-8-16)33(29,30)26-20-11-19(24)21(31-4)12-22(20)32-5/h6,9-12,15-16,26H,7-8,13H2,1-5H3,(H,25,28). The van der Waals surface area contributed by atoms with Crippen molar-refractivity contribution in [3.8, 4) is 11.5 Å². The van der Waals surface area contributed by atoms with Crippen molar-refractivity contribution in [2.24, 2.45) is 0 Å². The number of hydrogen-bond acceptors (Lipinski definition) is 6. The fraction of sp³-hybridized carbons (Fsp3) is 0.435. The van der Waals surface area contributed by atoms with Gasteiger partial charge in [-0.05, 0) is 57.5 Å². The molecule has 2 aromatic carbocycles. The third kappa shape index (κ3) is 5.90. The number of carbonyl (C=O) groups excluding carboxylic acids is 1. The molecule has 1 amide bonds. The van der Waals surface area contributed by atoms with Crippen LogP contribution in [0.25, 0.3) is 0 Å². The fourth-order valence-corrected chi connectivity index (χ4v) is 4.81. The molecular formula is C23H30ClN3O5S. The second kappa shape index (κ2) is 10.2. The minimum atomic E-state index is -4.02. The maximum Gasteiger partial charge on any atom is 0.262 e. The Morgan fingerprint density at radius 3 is 2.45 bits per heavy atom. The van der Waals surface area contributed by atoms with E-state index in [-0.39, 0.29) is 33.3 Å². The van der Waals surface area contributed by atoms with Gasteiger partial charge in [0.2, 0.25) is 0 Å². The summed E-state index contributed by atoms with van der Waals surface area (Å²) in [5.74, 6) is 0.289. The second-order valence-electron chi connectivity index (χ2n) is 8.22. The molecule has 10 heteroatoms. The van der Waals surface area contributed by atoms with E-state index >= 15 is 0 Å². The number of rotatable bonds is 10. The van der Waals surface area contributed by atoms with Crippen LogP contribution in [0.4, 0.5) is 5.69 Å². The first-order valence-electron chi connectivity index (χ1n) is 10.6. The zero-order valence-corrected chi connectivity index (χ0v) is 21.0. The SMILES string of the molecule is COc1cc(OC)c(NS(=O)(=O)c2ccc(C)c(C(=O)NCC(C)N(C)C3CC3)c2)cc1Cl. The van der Waals surface area contributed by atoms with Gasteiger partial charge in [0.1, 0.15) is 11.5 Å². The molecule has 8 nitrogen and oxygen atoms in total. The predicted octanol–water partition coefficient (Wildman–Crippen LogP) is 3.68. The molecule has 1 aliphatic carbocycles. The highest BCUT2D eigenvalue weighted by Gasteiger charge is 2.29. The zero-order valence-electron chi connectivity index (χ0n) is 19.4. The quantitative estimate of drug-likeness (QED) is 0.522. The van der Waals surface area contributed by atoms with Crippen molar-refractivity contribution in [1.29, 1.82) is 0 Å². The third-order valence-corrected chi connectivity index (χ3v) is 7.52. The number of methoxy groups -OCH3 is 2. The largest absolute Gasteiger partial charge is 0.495 e. The van der Waals surface area contributed by atoms with Gasteiger partial charge in [-0.15, -0.1) is 0 Å². The minimum Gasteiger partial charge on any atom is -0.495 e. The summed E-state index contributed by atoms with van der Waals surface area (Å²) in [5.41, 5.74) is 1.14. The summed E-state index contributed by atoms with van der Waals surface area (Å²) in [6.45, 7) is 4.30. The Kier molecular flexibility index (Phi) is 7.76. The van der Waals surface area contributed by atoms with Gasteiger partial charge in [-0.2, -0.15) is 0 Å². The number of carbonyl (C=O) groups is 1. The Bertz CT molecular complexity index is 1140. The van der Waals surface area contributed by atoms with Crippen LogP contribution >= 0.6 is 11.6 Å². The van der Waals surface area contributed by atoms with E-state index in [0.29, 0.717) is 29.5 Å². The Morgan fingerprint density at radius 1 is 1.18 bits per heavy atom. The van der Waals surface area contributed by atoms with Crippen molar-refractivity contribution in [3.05, 3.63) is 46.5 Å². The Labute approximate surface area is 200 Å². The highest BCUT2D eigenvalue weighted by Crippen LogP contribution is 2.37. The molecule has 3 rings (SSSR count). The highest BCUT2D eigenvalue weighted by molar-refractivity contribution is 7.92. The van der Waals surface area contributed by atoms with Crippen molar-refractivity contribution in [2.45, 2.75) is 43.7 Å². The summed E-state index contributed by atoms with van der Waals surface area (Å²) < 4.78 is 39.1. The van der Waals surface area contributed by atoms with Crippen LogP contribution in [-0.2, 0) is 10.0 Å². The number of halogens is 1. The molecule has 1 saturated carbocycles. The number of ether oxygens (including phenoxy) is 2. The molecule has 0 bridgehead atoms. The van der Waals surface area contributed by atoms with E-state index in [0.717, 1.165) is 0 Å². The van der Waals surface area contributed by atoms with Gasteiger partial charge < -0.3 is 14.8 Å². The lowest BCUT2D eigenvalue weighted by Gasteiger charge is -2.24. The van der Waals surface area contributed by atoms with Crippen LogP contribution in [0.3, 0.4) is 0 Å². The number of nitrogens with zero attached hydrogens (tertiary/aromatic N) is 1. The van der Waals surface area contributed by atoms with Crippen LogP contribution in [0.5, 0.6) is 11.5 Å². The highest BCUT2D eigenvalue weighted by atomic mass is 35.5. The lowest BCUT2D eigenvalue weighted by molar-refractivity contribution is 0.0938. The van der Waals surface area contributed by atoms with Crippen molar-refractivity contribution in [1.82, 2.24) is 10.2 Å². The molecule has 0 saturated heterocycles. The molecule has 1 fully saturated rings. The molecule has 1 unspecified atom stereocenters. The van der Waals surface area contributed by atoms with Crippen molar-refractivity contribution < 1.29 is 22.7 Å². The minimum absolute atomic E-state index is 0.0459. The smallest absolute Gasteiger partial charge is 0.262 e. The summed E-state index contributed by atoms with van der Waals surface area (Å²) >= 11 is 6.15. The summed E-state index contributed by atoms with van der Waals surface area (Å²) in [6, 6.07) is 8.12. The number of anilines is 1. The Morgan fingerprint density at radius 2 is 1.85 bits per heavy atom. The van der Waals surface area contributed by atoms with E-state index in [1.165, 1.54) is 51.3 Å². The van der Waals surface area contributed by atoms with Gasteiger partial charge in [-0.1, -0.05) is 17.7 Å². The van der Waals surface area contributed by atoms with Crippen LogP contribution in [-0.4, -0.2) is 59.1 Å². The second-order valence-corrected chi connectivity index (χ2v) is 10.3. The molecule has 2 N–H and O–H groups in total. The van der Waals surface area contributed by atoms with Gasteiger partial charge in [0.25, 0.3) is 15.9 Å².